The molecule has 1 saturated heterocycles. The number of hydrogen-bond acceptors (Lipinski definition) is 6. The van der Waals surface area contributed by atoms with E-state index < -0.39 is 0 Å². The highest BCUT2D eigenvalue weighted by Gasteiger charge is 2.30. The number of amides is 2. The fourth-order valence-electron chi connectivity index (χ4n) is 2.73. The molecular formula is C16H24N6O2S. The molecule has 1 aliphatic heterocycles. The van der Waals surface area contributed by atoms with Crippen LogP contribution in [0.1, 0.15) is 51.1 Å². The van der Waals surface area contributed by atoms with Gasteiger partial charge in [-0.2, -0.15) is 9.47 Å². The lowest BCUT2D eigenvalue weighted by Gasteiger charge is -2.31. The Bertz CT molecular complexity index is 735. The van der Waals surface area contributed by atoms with Crippen molar-refractivity contribution in [1.82, 2.24) is 24.5 Å². The lowest BCUT2D eigenvalue weighted by molar-refractivity contribution is -0.00700. The molecule has 3 rings (SSSR count). The summed E-state index contributed by atoms with van der Waals surface area (Å²) in [5, 5.41) is 10.5. The zero-order valence-electron chi connectivity index (χ0n) is 14.9. The Morgan fingerprint density at radius 1 is 1.44 bits per heavy atom. The number of carbonyl (C=O) groups excluding carboxylic acids is 1. The van der Waals surface area contributed by atoms with E-state index in [9.17, 15) is 4.79 Å². The van der Waals surface area contributed by atoms with Crippen molar-refractivity contribution in [1.29, 1.82) is 0 Å². The molecule has 0 spiro atoms. The van der Waals surface area contributed by atoms with Gasteiger partial charge in [-0.25, -0.2) is 9.78 Å². The Balaban J connectivity index is 1.63. The smallest absolute Gasteiger partial charge is 0.321 e. The Morgan fingerprint density at radius 3 is 2.88 bits per heavy atom. The molecule has 0 radical (unpaired) electrons. The Hall–Kier alpha value is -2.00. The van der Waals surface area contributed by atoms with Gasteiger partial charge in [-0.1, -0.05) is 20.8 Å². The number of urea groups is 1. The van der Waals surface area contributed by atoms with E-state index in [1.165, 1.54) is 11.5 Å². The van der Waals surface area contributed by atoms with Gasteiger partial charge in [-0.15, -0.1) is 0 Å². The minimum atomic E-state index is -0.291. The van der Waals surface area contributed by atoms with Crippen LogP contribution >= 0.6 is 11.5 Å². The van der Waals surface area contributed by atoms with Crippen molar-refractivity contribution in [2.75, 3.05) is 11.9 Å². The van der Waals surface area contributed by atoms with Gasteiger partial charge in [0.1, 0.15) is 11.9 Å². The van der Waals surface area contributed by atoms with Crippen LogP contribution in [0.25, 0.3) is 0 Å². The fourth-order valence-corrected chi connectivity index (χ4v) is 3.48. The molecule has 0 bridgehead atoms. The number of hydrogen-bond donors (Lipinski definition) is 2. The van der Waals surface area contributed by atoms with Crippen LogP contribution < -0.4 is 10.6 Å². The third kappa shape index (κ3) is 4.35. The van der Waals surface area contributed by atoms with Crippen LogP contribution in [0, 0.1) is 0 Å². The number of nitrogens with zero attached hydrogens (tertiary/aromatic N) is 4. The lowest BCUT2D eigenvalue weighted by Crippen LogP contribution is -2.44. The molecule has 136 valence electrons. The zero-order valence-corrected chi connectivity index (χ0v) is 15.8. The first-order chi connectivity index (χ1) is 11.8. The van der Waals surface area contributed by atoms with Crippen molar-refractivity contribution in [3.8, 4) is 0 Å². The summed E-state index contributed by atoms with van der Waals surface area (Å²) in [7, 11) is 1.86. The van der Waals surface area contributed by atoms with Crippen molar-refractivity contribution >= 4 is 22.7 Å². The van der Waals surface area contributed by atoms with Crippen molar-refractivity contribution in [2.24, 2.45) is 7.05 Å². The van der Waals surface area contributed by atoms with Gasteiger partial charge in [0.25, 0.3) is 0 Å². The Kier molecular flexibility index (Phi) is 5.05. The maximum absolute atomic E-state index is 12.4. The minimum absolute atomic E-state index is 0.104. The van der Waals surface area contributed by atoms with Gasteiger partial charge in [0.15, 0.2) is 0 Å². The van der Waals surface area contributed by atoms with E-state index in [0.29, 0.717) is 11.7 Å². The van der Waals surface area contributed by atoms with E-state index in [-0.39, 0.29) is 23.6 Å². The van der Waals surface area contributed by atoms with Gasteiger partial charge >= 0.3 is 6.03 Å². The molecule has 1 aliphatic rings. The Morgan fingerprint density at radius 2 is 2.24 bits per heavy atom. The second kappa shape index (κ2) is 7.09. The normalized spacial score (nSPS) is 21.1. The van der Waals surface area contributed by atoms with Crippen molar-refractivity contribution < 1.29 is 9.53 Å². The second-order valence-electron chi connectivity index (χ2n) is 7.26. The number of anilines is 1. The van der Waals surface area contributed by atoms with Gasteiger partial charge in [-0.3, -0.25) is 10.00 Å². The molecule has 25 heavy (non-hydrogen) atoms. The second-order valence-corrected chi connectivity index (χ2v) is 8.01. The minimum Gasteiger partial charge on any atom is -0.371 e. The number of aromatic nitrogens is 4. The zero-order chi connectivity index (χ0) is 18.0. The maximum Gasteiger partial charge on any atom is 0.321 e. The molecule has 3 heterocycles. The number of aryl methyl sites for hydroxylation is 1. The van der Waals surface area contributed by atoms with Gasteiger partial charge in [0, 0.05) is 42.4 Å². The Labute approximate surface area is 151 Å². The summed E-state index contributed by atoms with van der Waals surface area (Å²) < 4.78 is 11.9. The van der Waals surface area contributed by atoms with Crippen LogP contribution in [0.3, 0.4) is 0 Å². The molecule has 8 nitrogen and oxygen atoms in total. The van der Waals surface area contributed by atoms with Crippen LogP contribution in [0.5, 0.6) is 0 Å². The summed E-state index contributed by atoms with van der Waals surface area (Å²) in [5.74, 6) is 0.724. The molecule has 0 unspecified atom stereocenters. The van der Waals surface area contributed by atoms with Crippen molar-refractivity contribution in [3.05, 3.63) is 23.8 Å². The molecule has 2 N–H and O–H groups in total. The first-order valence-electron chi connectivity index (χ1n) is 8.35. The van der Waals surface area contributed by atoms with E-state index >= 15 is 0 Å². The first kappa shape index (κ1) is 17.8. The average Bonchev–Trinajstić information content (AvgIpc) is 3.16. The van der Waals surface area contributed by atoms with E-state index in [1.54, 1.807) is 10.9 Å². The average molecular weight is 364 g/mol. The molecule has 2 atom stereocenters. The van der Waals surface area contributed by atoms with Crippen molar-refractivity contribution in [2.45, 2.75) is 51.2 Å². The van der Waals surface area contributed by atoms with Gasteiger partial charge in [-0.05, 0) is 12.8 Å². The van der Waals surface area contributed by atoms with E-state index in [1.807, 2.05) is 34.0 Å². The maximum atomic E-state index is 12.4. The predicted molar refractivity (Wildman–Crippen MR) is 95.7 cm³/mol. The summed E-state index contributed by atoms with van der Waals surface area (Å²) in [6.07, 6.45) is 5.28. The molecule has 0 aromatic carbocycles. The van der Waals surface area contributed by atoms with Gasteiger partial charge in [0.2, 0.25) is 5.13 Å². The molecular weight excluding hydrogens is 340 g/mol. The summed E-state index contributed by atoms with van der Waals surface area (Å²) in [6, 6.07) is -0.394. The third-order valence-corrected chi connectivity index (χ3v) is 4.64. The van der Waals surface area contributed by atoms with E-state index in [4.69, 9.17) is 4.74 Å². The summed E-state index contributed by atoms with van der Waals surface area (Å²) >= 11 is 1.19. The van der Waals surface area contributed by atoms with Gasteiger partial charge < -0.3 is 10.1 Å². The largest absolute Gasteiger partial charge is 0.371 e. The highest BCUT2D eigenvalue weighted by molar-refractivity contribution is 7.09. The quantitative estimate of drug-likeness (QED) is 0.873. The van der Waals surface area contributed by atoms with Crippen LogP contribution in [0.4, 0.5) is 9.93 Å². The molecule has 9 heteroatoms. The molecule has 2 aromatic heterocycles. The van der Waals surface area contributed by atoms with Crippen LogP contribution in [0.2, 0.25) is 0 Å². The van der Waals surface area contributed by atoms with Crippen LogP contribution in [-0.4, -0.2) is 37.8 Å². The molecule has 0 saturated carbocycles. The molecule has 1 fully saturated rings. The fraction of sp³-hybridized carbons (Fsp3) is 0.625. The summed E-state index contributed by atoms with van der Waals surface area (Å²) in [5.41, 5.74) is 0.827. The SMILES string of the molecule is Cn1cc([C@@H]2OCCC[C@H]2NC(=O)Nc2nc(C(C)(C)C)ns2)cn1. The number of nitrogens with one attached hydrogen (secondary N) is 2. The van der Waals surface area contributed by atoms with Gasteiger partial charge in [0.05, 0.1) is 12.2 Å². The third-order valence-electron chi connectivity index (χ3n) is 4.01. The monoisotopic (exact) mass is 364 g/mol. The number of carbonyl (C=O) groups is 1. The number of ether oxygens (including phenoxy) is 1. The van der Waals surface area contributed by atoms with E-state index in [0.717, 1.165) is 24.2 Å². The molecule has 0 aliphatic carbocycles. The highest BCUT2D eigenvalue weighted by Crippen LogP contribution is 2.28. The van der Waals surface area contributed by atoms with Crippen molar-refractivity contribution in [3.63, 3.8) is 0 Å². The number of rotatable bonds is 3. The topological polar surface area (TPSA) is 94.0 Å². The lowest BCUT2D eigenvalue weighted by atomic mass is 9.96. The standard InChI is InChI=1S/C16H24N6O2S/c1-16(2,3)13-19-15(25-21-13)20-14(23)18-11-6-5-7-24-12(11)10-8-17-22(4)9-10/h8-9,11-12H,5-7H2,1-4H3,(H2,18,19,20,21,23)/t11-,12+/m1/s1. The summed E-state index contributed by atoms with van der Waals surface area (Å²) in [4.78, 5) is 16.7. The van der Waals surface area contributed by atoms with E-state index in [2.05, 4.69) is 25.1 Å². The first-order valence-corrected chi connectivity index (χ1v) is 9.12. The predicted octanol–water partition coefficient (Wildman–Crippen LogP) is 2.61. The van der Waals surface area contributed by atoms with Crippen LogP contribution in [0.15, 0.2) is 12.4 Å². The summed E-state index contributed by atoms with van der Waals surface area (Å²) in [6.45, 7) is 6.80. The van der Waals surface area contributed by atoms with Crippen LogP contribution in [-0.2, 0) is 17.2 Å². The molecule has 2 aromatic rings. The highest BCUT2D eigenvalue weighted by atomic mass is 32.1. The molecule has 2 amide bonds.